The Hall–Kier alpha value is -3.54. The summed E-state index contributed by atoms with van der Waals surface area (Å²) in [6.45, 7) is 1.27. The molecule has 0 heterocycles. The first-order chi connectivity index (χ1) is 13.9. The van der Waals surface area contributed by atoms with Crippen LogP contribution in [-0.4, -0.2) is 12.1 Å². The van der Waals surface area contributed by atoms with Gasteiger partial charge in [0.25, 0.3) is 0 Å². The number of halogens is 3. The highest BCUT2D eigenvalue weighted by Gasteiger charge is 2.39. The maximum Gasteiger partial charge on any atom is 0.450 e. The van der Waals surface area contributed by atoms with Gasteiger partial charge >= 0.3 is 6.18 Å². The van der Waals surface area contributed by atoms with Crippen LogP contribution in [0, 0.1) is 0 Å². The lowest BCUT2D eigenvalue weighted by atomic mass is 10.2. The Bertz CT molecular complexity index is 983. The minimum Gasteiger partial charge on any atom is -0.452 e. The fraction of sp³-hybridized carbons (Fsp3) is 0.0870. The van der Waals surface area contributed by atoms with Gasteiger partial charge < -0.3 is 9.47 Å². The standard InChI is InChI=1S/C23H18F3NO2/c1-17(21(23(24,25)26)28-19-13-7-3-8-14-19)22(27-18-11-5-2-6-12-18)29-20-15-9-4-10-16-20/h2-16H,1H3. The third-order valence-corrected chi connectivity index (χ3v) is 3.83. The largest absolute Gasteiger partial charge is 0.452 e. The molecule has 148 valence electrons. The zero-order valence-electron chi connectivity index (χ0n) is 15.6. The quantitative estimate of drug-likeness (QED) is 0.272. The molecule has 0 aliphatic carbocycles. The molecule has 3 aromatic rings. The second-order valence-electron chi connectivity index (χ2n) is 6.03. The maximum atomic E-state index is 13.8. The number of hydrogen-bond donors (Lipinski definition) is 0. The number of hydrogen-bond acceptors (Lipinski definition) is 3. The van der Waals surface area contributed by atoms with Gasteiger partial charge in [-0.3, -0.25) is 0 Å². The second-order valence-corrected chi connectivity index (χ2v) is 6.03. The minimum absolute atomic E-state index is 0.0675. The molecule has 6 heteroatoms. The molecule has 3 rings (SSSR count). The highest BCUT2D eigenvalue weighted by molar-refractivity contribution is 5.97. The van der Waals surface area contributed by atoms with Crippen LogP contribution in [0.5, 0.6) is 11.5 Å². The van der Waals surface area contributed by atoms with Gasteiger partial charge in [0.05, 0.1) is 11.3 Å². The number of aliphatic imine (C=N–C) groups is 1. The minimum atomic E-state index is -4.74. The Labute approximate surface area is 166 Å². The van der Waals surface area contributed by atoms with Crippen molar-refractivity contribution in [2.45, 2.75) is 13.1 Å². The summed E-state index contributed by atoms with van der Waals surface area (Å²) in [5.74, 6) is -0.958. The number of ether oxygens (including phenoxy) is 2. The normalized spacial score (nSPS) is 12.9. The first-order valence-corrected chi connectivity index (χ1v) is 8.81. The third kappa shape index (κ3) is 5.72. The van der Waals surface area contributed by atoms with E-state index < -0.39 is 11.9 Å². The van der Waals surface area contributed by atoms with Crippen LogP contribution in [-0.2, 0) is 0 Å². The van der Waals surface area contributed by atoms with E-state index in [1.807, 2.05) is 0 Å². The van der Waals surface area contributed by atoms with Crippen molar-refractivity contribution in [1.29, 1.82) is 0 Å². The summed E-state index contributed by atoms with van der Waals surface area (Å²) in [6, 6.07) is 24.9. The number of allylic oxidation sites excluding steroid dienone is 1. The van der Waals surface area contributed by atoms with Crippen LogP contribution >= 0.6 is 0 Å². The van der Waals surface area contributed by atoms with Gasteiger partial charge in [0, 0.05) is 0 Å². The first kappa shape index (κ1) is 20.2. The van der Waals surface area contributed by atoms with E-state index in [0.29, 0.717) is 11.4 Å². The smallest absolute Gasteiger partial charge is 0.450 e. The molecule has 3 nitrogen and oxygen atoms in total. The molecular weight excluding hydrogens is 379 g/mol. The number of rotatable bonds is 5. The van der Waals surface area contributed by atoms with E-state index in [4.69, 9.17) is 9.47 Å². The molecule has 0 aromatic heterocycles. The van der Waals surface area contributed by atoms with E-state index in [2.05, 4.69) is 4.99 Å². The molecule has 0 fully saturated rings. The molecule has 0 unspecified atom stereocenters. The van der Waals surface area contributed by atoms with Crippen LogP contribution < -0.4 is 9.47 Å². The molecule has 0 bridgehead atoms. The van der Waals surface area contributed by atoms with E-state index in [1.165, 1.54) is 19.1 Å². The van der Waals surface area contributed by atoms with Gasteiger partial charge in [0.15, 0.2) is 0 Å². The third-order valence-electron chi connectivity index (χ3n) is 3.83. The average molecular weight is 397 g/mol. The zero-order chi connectivity index (χ0) is 20.7. The summed E-state index contributed by atoms with van der Waals surface area (Å²) in [6.07, 6.45) is -4.74. The molecule has 0 aliphatic rings. The van der Waals surface area contributed by atoms with Gasteiger partial charge in [-0.05, 0) is 43.3 Å². The Morgan fingerprint density at radius 1 is 0.690 bits per heavy atom. The lowest BCUT2D eigenvalue weighted by Gasteiger charge is -2.18. The van der Waals surface area contributed by atoms with Gasteiger partial charge in [-0.2, -0.15) is 13.2 Å². The van der Waals surface area contributed by atoms with Crippen molar-refractivity contribution in [3.63, 3.8) is 0 Å². The average Bonchev–Trinajstić information content (AvgIpc) is 2.72. The van der Waals surface area contributed by atoms with Crippen molar-refractivity contribution in [1.82, 2.24) is 0 Å². The van der Waals surface area contributed by atoms with Crippen LogP contribution in [0.25, 0.3) is 0 Å². The number of para-hydroxylation sites is 3. The van der Waals surface area contributed by atoms with Crippen molar-refractivity contribution in [3.8, 4) is 11.5 Å². The zero-order valence-corrected chi connectivity index (χ0v) is 15.6. The first-order valence-electron chi connectivity index (χ1n) is 8.81. The van der Waals surface area contributed by atoms with Crippen molar-refractivity contribution in [3.05, 3.63) is 102 Å². The number of alkyl halides is 3. The highest BCUT2D eigenvalue weighted by atomic mass is 19.4. The summed E-state index contributed by atoms with van der Waals surface area (Å²) in [5, 5.41) is 0. The molecular formula is C23H18F3NO2. The summed E-state index contributed by atoms with van der Waals surface area (Å²) in [5.41, 5.74) is 0.188. The Morgan fingerprint density at radius 3 is 1.62 bits per heavy atom. The molecule has 0 saturated carbocycles. The summed E-state index contributed by atoms with van der Waals surface area (Å²) in [7, 11) is 0. The molecule has 0 amide bonds. The fourth-order valence-electron chi connectivity index (χ4n) is 2.45. The monoisotopic (exact) mass is 397 g/mol. The van der Waals surface area contributed by atoms with Gasteiger partial charge in [0.2, 0.25) is 11.7 Å². The van der Waals surface area contributed by atoms with E-state index in [0.717, 1.165) is 0 Å². The van der Waals surface area contributed by atoms with Crippen LogP contribution in [0.3, 0.4) is 0 Å². The molecule has 0 saturated heterocycles. The number of nitrogens with zero attached hydrogens (tertiary/aromatic N) is 1. The number of benzene rings is 3. The van der Waals surface area contributed by atoms with Gasteiger partial charge in [-0.15, -0.1) is 0 Å². The van der Waals surface area contributed by atoms with Crippen LogP contribution in [0.1, 0.15) is 6.92 Å². The lowest BCUT2D eigenvalue weighted by molar-refractivity contribution is -0.117. The van der Waals surface area contributed by atoms with Crippen molar-refractivity contribution >= 4 is 11.6 Å². The Morgan fingerprint density at radius 2 is 1.14 bits per heavy atom. The summed E-state index contributed by atoms with van der Waals surface area (Å²) in [4.78, 5) is 4.29. The maximum absolute atomic E-state index is 13.8. The summed E-state index contributed by atoms with van der Waals surface area (Å²) < 4.78 is 52.3. The predicted octanol–water partition coefficient (Wildman–Crippen LogP) is 6.71. The molecule has 3 aromatic carbocycles. The van der Waals surface area contributed by atoms with Crippen LogP contribution in [0.15, 0.2) is 107 Å². The Balaban J connectivity index is 2.08. The molecule has 0 radical (unpaired) electrons. The van der Waals surface area contributed by atoms with E-state index >= 15 is 0 Å². The SMILES string of the molecule is CC(C(=Nc1ccccc1)Oc1ccccc1)=C(Oc1ccccc1)C(F)(F)F. The molecule has 0 N–H and O–H groups in total. The second kappa shape index (κ2) is 9.10. The van der Waals surface area contributed by atoms with Gasteiger partial charge in [-0.1, -0.05) is 54.6 Å². The highest BCUT2D eigenvalue weighted by Crippen LogP contribution is 2.32. The summed E-state index contributed by atoms with van der Waals surface area (Å²) >= 11 is 0. The Kier molecular flexibility index (Phi) is 6.34. The predicted molar refractivity (Wildman–Crippen MR) is 106 cm³/mol. The molecule has 29 heavy (non-hydrogen) atoms. The fourth-order valence-corrected chi connectivity index (χ4v) is 2.45. The van der Waals surface area contributed by atoms with Crippen LogP contribution in [0.2, 0.25) is 0 Å². The van der Waals surface area contributed by atoms with Crippen molar-refractivity contribution < 1.29 is 22.6 Å². The topological polar surface area (TPSA) is 30.8 Å². The molecule has 0 spiro atoms. The van der Waals surface area contributed by atoms with E-state index in [-0.39, 0.29) is 17.2 Å². The van der Waals surface area contributed by atoms with Crippen molar-refractivity contribution in [2.75, 3.05) is 0 Å². The van der Waals surface area contributed by atoms with E-state index in [1.54, 1.807) is 78.9 Å². The van der Waals surface area contributed by atoms with E-state index in [9.17, 15) is 13.2 Å². The lowest BCUT2D eigenvalue weighted by Crippen LogP contribution is -2.24. The molecule has 0 aliphatic heterocycles. The van der Waals surface area contributed by atoms with Gasteiger partial charge in [-0.25, -0.2) is 4.99 Å². The molecule has 0 atom stereocenters. The van der Waals surface area contributed by atoms with Gasteiger partial charge in [0.1, 0.15) is 11.5 Å². The van der Waals surface area contributed by atoms with Crippen molar-refractivity contribution in [2.24, 2.45) is 4.99 Å². The van der Waals surface area contributed by atoms with Crippen LogP contribution in [0.4, 0.5) is 18.9 Å².